The molecule has 4 nitrogen and oxygen atoms in total. The van der Waals surface area contributed by atoms with Crippen molar-refractivity contribution in [3.8, 4) is 5.75 Å². The van der Waals surface area contributed by atoms with Crippen LogP contribution in [0.1, 0.15) is 28.8 Å². The molecule has 1 aliphatic rings. The Hall–Kier alpha value is -1.55. The van der Waals surface area contributed by atoms with E-state index in [2.05, 4.69) is 5.32 Å². The first-order chi connectivity index (χ1) is 9.65. The average molecular weight is 276 g/mol. The molecule has 0 saturated carbocycles. The lowest BCUT2D eigenvalue weighted by Crippen LogP contribution is -2.42. The number of nitrogens with one attached hydrogen (secondary N) is 1. The molecule has 1 aliphatic heterocycles. The van der Waals surface area contributed by atoms with Gasteiger partial charge in [0, 0.05) is 13.1 Å². The van der Waals surface area contributed by atoms with E-state index in [1.807, 2.05) is 37.1 Å². The van der Waals surface area contributed by atoms with Crippen LogP contribution < -0.4 is 10.1 Å². The van der Waals surface area contributed by atoms with Gasteiger partial charge in [-0.05, 0) is 51.4 Å². The Labute approximate surface area is 121 Å². The zero-order valence-electron chi connectivity index (χ0n) is 12.6. The van der Waals surface area contributed by atoms with Crippen molar-refractivity contribution in [2.24, 2.45) is 5.92 Å². The third kappa shape index (κ3) is 3.31. The van der Waals surface area contributed by atoms with Crippen LogP contribution in [0.4, 0.5) is 0 Å². The molecule has 0 radical (unpaired) electrons. The second kappa shape index (κ2) is 6.75. The molecule has 4 heteroatoms. The van der Waals surface area contributed by atoms with Gasteiger partial charge in [-0.2, -0.15) is 0 Å². The summed E-state index contributed by atoms with van der Waals surface area (Å²) in [5.74, 6) is 1.30. The maximum Gasteiger partial charge on any atom is 0.257 e. The van der Waals surface area contributed by atoms with Gasteiger partial charge in [-0.25, -0.2) is 0 Å². The molecule has 20 heavy (non-hydrogen) atoms. The molecular weight excluding hydrogens is 252 g/mol. The predicted molar refractivity (Wildman–Crippen MR) is 80.3 cm³/mol. The second-order valence-electron chi connectivity index (χ2n) is 5.52. The van der Waals surface area contributed by atoms with Crippen LogP contribution in [0.25, 0.3) is 0 Å². The van der Waals surface area contributed by atoms with Gasteiger partial charge < -0.3 is 15.0 Å². The molecule has 1 saturated heterocycles. The van der Waals surface area contributed by atoms with Crippen LogP contribution in [-0.4, -0.2) is 44.6 Å². The quantitative estimate of drug-likeness (QED) is 0.915. The van der Waals surface area contributed by atoms with Gasteiger partial charge in [-0.3, -0.25) is 4.79 Å². The number of ether oxygens (including phenoxy) is 1. The number of carbonyl (C=O) groups is 1. The first-order valence-corrected chi connectivity index (χ1v) is 7.24. The zero-order valence-corrected chi connectivity index (χ0v) is 12.6. The summed E-state index contributed by atoms with van der Waals surface area (Å²) in [4.78, 5) is 14.7. The van der Waals surface area contributed by atoms with E-state index in [0.29, 0.717) is 17.2 Å². The van der Waals surface area contributed by atoms with Crippen molar-refractivity contribution in [1.82, 2.24) is 10.2 Å². The van der Waals surface area contributed by atoms with Crippen molar-refractivity contribution in [2.45, 2.75) is 19.8 Å². The summed E-state index contributed by atoms with van der Waals surface area (Å²) >= 11 is 0. The van der Waals surface area contributed by atoms with E-state index in [9.17, 15) is 4.79 Å². The van der Waals surface area contributed by atoms with Gasteiger partial charge in [0.2, 0.25) is 0 Å². The Morgan fingerprint density at radius 1 is 1.50 bits per heavy atom. The Morgan fingerprint density at radius 2 is 2.30 bits per heavy atom. The van der Waals surface area contributed by atoms with Crippen LogP contribution in [0.5, 0.6) is 5.75 Å². The van der Waals surface area contributed by atoms with Gasteiger partial charge in [0.25, 0.3) is 5.91 Å². The highest BCUT2D eigenvalue weighted by Gasteiger charge is 2.25. The van der Waals surface area contributed by atoms with E-state index >= 15 is 0 Å². The highest BCUT2D eigenvalue weighted by atomic mass is 16.5. The smallest absolute Gasteiger partial charge is 0.257 e. The minimum absolute atomic E-state index is 0.0892. The molecule has 110 valence electrons. The first kappa shape index (κ1) is 14.9. The zero-order chi connectivity index (χ0) is 14.5. The van der Waals surface area contributed by atoms with Crippen LogP contribution in [0.15, 0.2) is 18.2 Å². The number of rotatable bonds is 4. The molecule has 0 bridgehead atoms. The summed E-state index contributed by atoms with van der Waals surface area (Å²) in [5.41, 5.74) is 1.76. The Kier molecular flexibility index (Phi) is 5.01. The van der Waals surface area contributed by atoms with Gasteiger partial charge in [0.15, 0.2) is 0 Å². The van der Waals surface area contributed by atoms with E-state index in [-0.39, 0.29) is 5.91 Å². The van der Waals surface area contributed by atoms with Crippen molar-refractivity contribution >= 4 is 5.91 Å². The number of likely N-dealkylation sites (tertiary alicyclic amines) is 1. The molecule has 1 unspecified atom stereocenters. The monoisotopic (exact) mass is 276 g/mol. The van der Waals surface area contributed by atoms with Crippen molar-refractivity contribution in [1.29, 1.82) is 0 Å². The molecule has 1 aromatic rings. The SMILES string of the molecule is CNCC1CCCN(C(=O)c2cc(C)ccc2OC)C1. The molecule has 1 N–H and O–H groups in total. The number of aryl methyl sites for hydroxylation is 1. The van der Waals surface area contributed by atoms with Crippen LogP contribution in [-0.2, 0) is 0 Å². The number of piperidine rings is 1. The van der Waals surface area contributed by atoms with Crippen molar-refractivity contribution in [3.63, 3.8) is 0 Å². The summed E-state index contributed by atoms with van der Waals surface area (Å²) in [7, 11) is 3.58. The highest BCUT2D eigenvalue weighted by molar-refractivity contribution is 5.97. The Morgan fingerprint density at radius 3 is 3.00 bits per heavy atom. The second-order valence-corrected chi connectivity index (χ2v) is 5.52. The number of carbonyl (C=O) groups excluding carboxylic acids is 1. The molecule has 1 fully saturated rings. The molecule has 1 heterocycles. The van der Waals surface area contributed by atoms with E-state index in [4.69, 9.17) is 4.74 Å². The van der Waals surface area contributed by atoms with Crippen molar-refractivity contribution < 1.29 is 9.53 Å². The number of methoxy groups -OCH3 is 1. The Bertz CT molecular complexity index is 472. The summed E-state index contributed by atoms with van der Waals surface area (Å²) in [6, 6.07) is 5.76. The molecule has 0 aromatic heterocycles. The molecule has 2 rings (SSSR count). The van der Waals surface area contributed by atoms with E-state index in [1.54, 1.807) is 7.11 Å². The fraction of sp³-hybridized carbons (Fsp3) is 0.562. The normalized spacial score (nSPS) is 18.9. The first-order valence-electron chi connectivity index (χ1n) is 7.24. The van der Waals surface area contributed by atoms with Gasteiger partial charge in [-0.1, -0.05) is 11.6 Å². The van der Waals surface area contributed by atoms with Gasteiger partial charge in [0.05, 0.1) is 12.7 Å². The van der Waals surface area contributed by atoms with Gasteiger partial charge >= 0.3 is 0 Å². The average Bonchev–Trinajstić information content (AvgIpc) is 2.47. The van der Waals surface area contributed by atoms with Crippen LogP contribution >= 0.6 is 0 Å². The van der Waals surface area contributed by atoms with Crippen LogP contribution in [0.3, 0.4) is 0 Å². The van der Waals surface area contributed by atoms with E-state index < -0.39 is 0 Å². The number of amides is 1. The molecule has 0 spiro atoms. The maximum absolute atomic E-state index is 12.7. The number of hydrogen-bond donors (Lipinski definition) is 1. The molecule has 1 aromatic carbocycles. The molecule has 0 aliphatic carbocycles. The highest BCUT2D eigenvalue weighted by Crippen LogP contribution is 2.24. The lowest BCUT2D eigenvalue weighted by Gasteiger charge is -2.33. The number of nitrogens with zero attached hydrogens (tertiary/aromatic N) is 1. The largest absolute Gasteiger partial charge is 0.496 e. The van der Waals surface area contributed by atoms with E-state index in [1.165, 1.54) is 6.42 Å². The minimum Gasteiger partial charge on any atom is -0.496 e. The fourth-order valence-corrected chi connectivity index (χ4v) is 2.86. The summed E-state index contributed by atoms with van der Waals surface area (Å²) in [5, 5.41) is 3.21. The topological polar surface area (TPSA) is 41.6 Å². The fourth-order valence-electron chi connectivity index (χ4n) is 2.86. The summed E-state index contributed by atoms with van der Waals surface area (Å²) < 4.78 is 5.33. The standard InChI is InChI=1S/C16H24N2O2/c1-12-6-7-15(20-3)14(9-12)16(19)18-8-4-5-13(11-18)10-17-2/h6-7,9,13,17H,4-5,8,10-11H2,1-3H3. The lowest BCUT2D eigenvalue weighted by molar-refractivity contribution is 0.0671. The third-order valence-corrected chi connectivity index (χ3v) is 3.88. The summed E-state index contributed by atoms with van der Waals surface area (Å²) in [6.07, 6.45) is 2.27. The summed E-state index contributed by atoms with van der Waals surface area (Å²) in [6.45, 7) is 4.64. The number of benzene rings is 1. The Balaban J connectivity index is 2.16. The third-order valence-electron chi connectivity index (χ3n) is 3.88. The van der Waals surface area contributed by atoms with Gasteiger partial charge in [0.1, 0.15) is 5.75 Å². The van der Waals surface area contributed by atoms with Crippen molar-refractivity contribution in [2.75, 3.05) is 33.8 Å². The molecular formula is C16H24N2O2. The van der Waals surface area contributed by atoms with Crippen molar-refractivity contribution in [3.05, 3.63) is 29.3 Å². The van der Waals surface area contributed by atoms with Crippen LogP contribution in [0, 0.1) is 12.8 Å². The van der Waals surface area contributed by atoms with Crippen LogP contribution in [0.2, 0.25) is 0 Å². The number of hydrogen-bond acceptors (Lipinski definition) is 3. The van der Waals surface area contributed by atoms with Gasteiger partial charge in [-0.15, -0.1) is 0 Å². The predicted octanol–water partition coefficient (Wildman–Crippen LogP) is 2.08. The molecule has 1 atom stereocenters. The minimum atomic E-state index is 0.0892. The molecule has 1 amide bonds. The lowest BCUT2D eigenvalue weighted by atomic mass is 9.97. The maximum atomic E-state index is 12.7. The van der Waals surface area contributed by atoms with E-state index in [0.717, 1.165) is 31.6 Å².